The molecule has 0 bridgehead atoms. The molecule has 3 rings (SSSR count). The highest BCUT2D eigenvalue weighted by Gasteiger charge is 2.21. The van der Waals surface area contributed by atoms with Crippen molar-refractivity contribution in [2.45, 2.75) is 19.3 Å². The summed E-state index contributed by atoms with van der Waals surface area (Å²) < 4.78 is 13.3. The first-order valence-corrected chi connectivity index (χ1v) is 6.34. The fourth-order valence-electron chi connectivity index (χ4n) is 2.70. The zero-order chi connectivity index (χ0) is 12.5. The van der Waals surface area contributed by atoms with Gasteiger partial charge in [0.2, 0.25) is 0 Å². The predicted octanol–water partition coefficient (Wildman–Crippen LogP) is 4.08. The molecule has 18 heavy (non-hydrogen) atoms. The Bertz CT molecular complexity index is 577. The van der Waals surface area contributed by atoms with Crippen LogP contribution in [0.5, 0.6) is 0 Å². The van der Waals surface area contributed by atoms with Gasteiger partial charge in [0.15, 0.2) is 0 Å². The van der Waals surface area contributed by atoms with Crippen LogP contribution in [0.3, 0.4) is 0 Å². The van der Waals surface area contributed by atoms with Crippen LogP contribution in [-0.4, -0.2) is 6.54 Å². The minimum atomic E-state index is -0.153. The third-order valence-corrected chi connectivity index (χ3v) is 3.58. The minimum absolute atomic E-state index is 0.153. The number of fused-ring (bicyclic) bond motifs is 1. The van der Waals surface area contributed by atoms with Gasteiger partial charge in [-0.2, -0.15) is 0 Å². The van der Waals surface area contributed by atoms with Crippen LogP contribution in [0.2, 0.25) is 0 Å². The fourth-order valence-corrected chi connectivity index (χ4v) is 2.70. The molecule has 0 saturated carbocycles. The Balaban J connectivity index is 2.06. The van der Waals surface area contributed by atoms with Gasteiger partial charge in [-0.1, -0.05) is 24.3 Å². The second-order valence-corrected chi connectivity index (χ2v) is 4.91. The lowest BCUT2D eigenvalue weighted by Gasteiger charge is -2.27. The quantitative estimate of drug-likeness (QED) is 0.793. The van der Waals surface area contributed by atoms with Gasteiger partial charge in [0.05, 0.1) is 0 Å². The zero-order valence-electron chi connectivity index (χ0n) is 10.4. The summed E-state index contributed by atoms with van der Waals surface area (Å²) in [7, 11) is 0. The molecule has 1 atom stereocenters. The molecule has 1 nitrogen and oxygen atoms in total. The van der Waals surface area contributed by atoms with E-state index in [0.717, 1.165) is 18.5 Å². The van der Waals surface area contributed by atoms with Crippen molar-refractivity contribution in [1.29, 1.82) is 0 Å². The number of aryl methyl sites for hydroxylation is 1. The Morgan fingerprint density at radius 2 is 2.06 bits per heavy atom. The number of hydrogen-bond donors (Lipinski definition) is 1. The first-order chi connectivity index (χ1) is 8.74. The molecule has 0 aromatic heterocycles. The van der Waals surface area contributed by atoms with Crippen LogP contribution in [0.25, 0.3) is 0 Å². The normalized spacial score (nSPS) is 18.0. The highest BCUT2D eigenvalue weighted by molar-refractivity contribution is 5.58. The molecule has 1 unspecified atom stereocenters. The lowest BCUT2D eigenvalue weighted by atomic mass is 9.85. The minimum Gasteiger partial charge on any atom is -0.385 e. The molecule has 0 aliphatic carbocycles. The predicted molar refractivity (Wildman–Crippen MR) is 72.5 cm³/mol. The molecule has 0 fully saturated rings. The molecule has 0 amide bonds. The first kappa shape index (κ1) is 11.3. The van der Waals surface area contributed by atoms with Crippen LogP contribution in [-0.2, 0) is 0 Å². The van der Waals surface area contributed by atoms with E-state index in [2.05, 4.69) is 30.4 Å². The van der Waals surface area contributed by atoms with Crippen molar-refractivity contribution < 1.29 is 4.39 Å². The van der Waals surface area contributed by atoms with Crippen LogP contribution >= 0.6 is 0 Å². The standard InChI is InChI=1S/C16H16FN/c1-11-5-6-15-14(7-8-18-16(15)9-11)12-3-2-4-13(17)10-12/h2-6,9-10,14,18H,7-8H2,1H3. The molecule has 2 aromatic carbocycles. The van der Waals surface area contributed by atoms with Gasteiger partial charge in [-0.25, -0.2) is 4.39 Å². The lowest BCUT2D eigenvalue weighted by molar-refractivity contribution is 0.620. The molecule has 1 heterocycles. The van der Waals surface area contributed by atoms with Crippen LogP contribution in [0, 0.1) is 12.7 Å². The number of nitrogens with one attached hydrogen (secondary N) is 1. The van der Waals surface area contributed by atoms with Gasteiger partial charge >= 0.3 is 0 Å². The third kappa shape index (κ3) is 1.99. The van der Waals surface area contributed by atoms with Crippen molar-refractivity contribution in [3.63, 3.8) is 0 Å². The average Bonchev–Trinajstić information content (AvgIpc) is 2.37. The molecular weight excluding hydrogens is 225 g/mol. The maximum Gasteiger partial charge on any atom is 0.123 e. The molecule has 1 aliphatic heterocycles. The van der Waals surface area contributed by atoms with E-state index in [4.69, 9.17) is 0 Å². The van der Waals surface area contributed by atoms with Gasteiger partial charge in [0.1, 0.15) is 5.82 Å². The van der Waals surface area contributed by atoms with Crippen LogP contribution in [0.4, 0.5) is 10.1 Å². The van der Waals surface area contributed by atoms with Gasteiger partial charge in [-0.05, 0) is 48.2 Å². The van der Waals surface area contributed by atoms with Gasteiger partial charge in [-0.3, -0.25) is 0 Å². The molecule has 92 valence electrons. The van der Waals surface area contributed by atoms with Crippen molar-refractivity contribution in [1.82, 2.24) is 0 Å². The van der Waals surface area contributed by atoms with Crippen molar-refractivity contribution in [3.8, 4) is 0 Å². The van der Waals surface area contributed by atoms with Gasteiger partial charge < -0.3 is 5.32 Å². The van der Waals surface area contributed by atoms with E-state index in [-0.39, 0.29) is 5.82 Å². The van der Waals surface area contributed by atoms with Crippen molar-refractivity contribution in [2.75, 3.05) is 11.9 Å². The zero-order valence-corrected chi connectivity index (χ0v) is 10.4. The number of anilines is 1. The largest absolute Gasteiger partial charge is 0.385 e. The summed E-state index contributed by atoms with van der Waals surface area (Å²) in [5.74, 6) is 0.150. The topological polar surface area (TPSA) is 12.0 Å². The molecule has 0 spiro atoms. The Kier molecular flexibility index (Phi) is 2.78. The van der Waals surface area contributed by atoms with E-state index >= 15 is 0 Å². The summed E-state index contributed by atoms with van der Waals surface area (Å²) >= 11 is 0. The van der Waals surface area contributed by atoms with E-state index < -0.39 is 0 Å². The van der Waals surface area contributed by atoms with Crippen LogP contribution in [0.1, 0.15) is 29.0 Å². The van der Waals surface area contributed by atoms with Crippen molar-refractivity contribution in [2.24, 2.45) is 0 Å². The maximum absolute atomic E-state index is 13.3. The summed E-state index contributed by atoms with van der Waals surface area (Å²) in [5, 5.41) is 3.42. The second-order valence-electron chi connectivity index (χ2n) is 4.91. The SMILES string of the molecule is Cc1ccc2c(c1)NCCC2c1cccc(F)c1. The summed E-state index contributed by atoms with van der Waals surface area (Å²) in [6.07, 6.45) is 1.01. The molecule has 0 radical (unpaired) electrons. The third-order valence-electron chi connectivity index (χ3n) is 3.58. The summed E-state index contributed by atoms with van der Waals surface area (Å²) in [6.45, 7) is 3.03. The number of halogens is 1. The smallest absolute Gasteiger partial charge is 0.123 e. The molecule has 2 heteroatoms. The average molecular weight is 241 g/mol. The summed E-state index contributed by atoms with van der Waals surface area (Å²) in [6, 6.07) is 13.4. The monoisotopic (exact) mass is 241 g/mol. The molecular formula is C16H16FN. The Morgan fingerprint density at radius 1 is 1.17 bits per heavy atom. The van der Waals surface area contributed by atoms with E-state index in [9.17, 15) is 4.39 Å². The Hall–Kier alpha value is -1.83. The Labute approximate surface area is 107 Å². The maximum atomic E-state index is 13.3. The molecule has 2 aromatic rings. The highest BCUT2D eigenvalue weighted by atomic mass is 19.1. The second kappa shape index (κ2) is 4.45. The number of hydrogen-bond acceptors (Lipinski definition) is 1. The van der Waals surface area contributed by atoms with Gasteiger partial charge in [-0.15, -0.1) is 0 Å². The van der Waals surface area contributed by atoms with E-state index in [1.807, 2.05) is 6.07 Å². The summed E-state index contributed by atoms with van der Waals surface area (Å²) in [5.41, 5.74) is 4.79. The van der Waals surface area contributed by atoms with Crippen molar-refractivity contribution >= 4 is 5.69 Å². The molecule has 1 N–H and O–H groups in total. The number of rotatable bonds is 1. The first-order valence-electron chi connectivity index (χ1n) is 6.34. The fraction of sp³-hybridized carbons (Fsp3) is 0.250. The number of benzene rings is 2. The highest BCUT2D eigenvalue weighted by Crippen LogP contribution is 2.36. The van der Waals surface area contributed by atoms with E-state index in [1.54, 1.807) is 12.1 Å². The van der Waals surface area contributed by atoms with Crippen LogP contribution < -0.4 is 5.32 Å². The van der Waals surface area contributed by atoms with Gasteiger partial charge in [0.25, 0.3) is 0 Å². The van der Waals surface area contributed by atoms with E-state index in [1.165, 1.54) is 22.9 Å². The van der Waals surface area contributed by atoms with E-state index in [0.29, 0.717) is 5.92 Å². The van der Waals surface area contributed by atoms with Gasteiger partial charge in [0, 0.05) is 18.2 Å². The lowest BCUT2D eigenvalue weighted by Crippen LogP contribution is -2.17. The summed E-state index contributed by atoms with van der Waals surface area (Å²) in [4.78, 5) is 0. The van der Waals surface area contributed by atoms with Crippen molar-refractivity contribution in [3.05, 3.63) is 65.0 Å². The Morgan fingerprint density at radius 3 is 2.89 bits per heavy atom. The molecule has 1 aliphatic rings. The molecule has 0 saturated heterocycles. The van der Waals surface area contributed by atoms with Crippen LogP contribution in [0.15, 0.2) is 42.5 Å².